The van der Waals surface area contributed by atoms with Gasteiger partial charge in [0.2, 0.25) is 5.75 Å². The summed E-state index contributed by atoms with van der Waals surface area (Å²) in [4.78, 5) is 13.2. The summed E-state index contributed by atoms with van der Waals surface area (Å²) in [6, 6.07) is 9.28. The summed E-state index contributed by atoms with van der Waals surface area (Å²) in [5.74, 6) is 2.02. The number of hydrogen-bond acceptors (Lipinski definition) is 5. The van der Waals surface area contributed by atoms with Crippen molar-refractivity contribution < 1.29 is 23.7 Å². The van der Waals surface area contributed by atoms with Crippen molar-refractivity contribution in [2.75, 3.05) is 33.8 Å². The highest BCUT2D eigenvalue weighted by molar-refractivity contribution is 9.09. The number of aromatic nitrogens is 1. The number of methoxy groups -OCH3 is 4. The second kappa shape index (κ2) is 9.92. The van der Waals surface area contributed by atoms with Crippen molar-refractivity contribution >= 4 is 38.7 Å². The Morgan fingerprint density at radius 1 is 1.00 bits per heavy atom. The van der Waals surface area contributed by atoms with E-state index in [0.29, 0.717) is 28.4 Å². The van der Waals surface area contributed by atoms with Crippen LogP contribution in [0.3, 0.4) is 0 Å². The van der Waals surface area contributed by atoms with Gasteiger partial charge in [-0.25, -0.2) is 0 Å². The van der Waals surface area contributed by atoms with E-state index in [1.165, 1.54) is 21.3 Å². The number of carbonyl (C=O) groups excluding carboxylic acids is 1. The van der Waals surface area contributed by atoms with Crippen LogP contribution in [0.15, 0.2) is 42.1 Å². The molecule has 0 fully saturated rings. The van der Waals surface area contributed by atoms with Gasteiger partial charge in [0.1, 0.15) is 5.75 Å². The van der Waals surface area contributed by atoms with Gasteiger partial charge in [-0.2, -0.15) is 0 Å². The Kier molecular flexibility index (Phi) is 7.28. The quantitative estimate of drug-likeness (QED) is 0.231. The molecule has 7 heteroatoms. The molecule has 0 saturated heterocycles. The third kappa shape index (κ3) is 4.56. The molecule has 0 unspecified atom stereocenters. The maximum absolute atomic E-state index is 13.2. The zero-order valence-electron chi connectivity index (χ0n) is 18.3. The lowest BCUT2D eigenvalue weighted by atomic mass is 10.0. The maximum atomic E-state index is 13.2. The van der Waals surface area contributed by atoms with E-state index in [1.54, 1.807) is 19.2 Å². The Bertz CT molecular complexity index is 1110. The fraction of sp³-hybridized carbons (Fsp3) is 0.292. The number of ether oxygens (including phenoxy) is 4. The van der Waals surface area contributed by atoms with E-state index in [0.717, 1.165) is 34.1 Å². The van der Waals surface area contributed by atoms with Gasteiger partial charge in [-0.15, -0.1) is 0 Å². The topological polar surface area (TPSA) is 58.9 Å². The maximum Gasteiger partial charge on any atom is 0.203 e. The molecular weight excluding hydrogens is 462 g/mol. The van der Waals surface area contributed by atoms with Gasteiger partial charge in [0.25, 0.3) is 0 Å². The molecule has 3 rings (SSSR count). The number of halogens is 1. The van der Waals surface area contributed by atoms with E-state index >= 15 is 0 Å². The minimum Gasteiger partial charge on any atom is -0.497 e. The normalized spacial score (nSPS) is 11.5. The highest BCUT2D eigenvalue weighted by atomic mass is 79.9. The molecule has 31 heavy (non-hydrogen) atoms. The highest BCUT2D eigenvalue weighted by Gasteiger charge is 2.18. The number of hydrogen-bond donors (Lipinski definition) is 0. The number of benzene rings is 2. The summed E-state index contributed by atoms with van der Waals surface area (Å²) in [6.45, 7) is 2.61. The van der Waals surface area contributed by atoms with Crippen LogP contribution in [0.4, 0.5) is 0 Å². The van der Waals surface area contributed by atoms with E-state index in [2.05, 4.69) is 26.7 Å². The molecule has 1 heterocycles. The van der Waals surface area contributed by atoms with Crippen LogP contribution in [0.5, 0.6) is 23.0 Å². The summed E-state index contributed by atoms with van der Waals surface area (Å²) in [6.07, 6.45) is 3.96. The molecule has 0 atom stereocenters. The predicted molar refractivity (Wildman–Crippen MR) is 126 cm³/mol. The molecule has 0 N–H and O–H groups in total. The zero-order valence-corrected chi connectivity index (χ0v) is 19.9. The first kappa shape index (κ1) is 22.7. The van der Waals surface area contributed by atoms with Crippen molar-refractivity contribution in [3.8, 4) is 23.0 Å². The fourth-order valence-electron chi connectivity index (χ4n) is 3.56. The average molecular weight is 488 g/mol. The third-order valence-electron chi connectivity index (χ3n) is 5.10. The molecule has 164 valence electrons. The SMILES string of the molecule is COc1ccc2c(/C=C(\C)C(=O)c3cc(OC)c(OC)c(OC)c3)cn(CCBr)c2c1. The molecule has 0 spiro atoms. The smallest absolute Gasteiger partial charge is 0.203 e. The van der Waals surface area contributed by atoms with Crippen LogP contribution in [-0.4, -0.2) is 44.1 Å². The van der Waals surface area contributed by atoms with Crippen LogP contribution in [0, 0.1) is 0 Å². The van der Waals surface area contributed by atoms with Crippen molar-refractivity contribution in [3.63, 3.8) is 0 Å². The van der Waals surface area contributed by atoms with E-state index in [1.807, 2.05) is 31.2 Å². The zero-order chi connectivity index (χ0) is 22.5. The monoisotopic (exact) mass is 487 g/mol. The minimum absolute atomic E-state index is 0.117. The van der Waals surface area contributed by atoms with E-state index in [9.17, 15) is 4.79 Å². The molecule has 0 saturated carbocycles. The van der Waals surface area contributed by atoms with E-state index in [4.69, 9.17) is 18.9 Å². The van der Waals surface area contributed by atoms with Crippen molar-refractivity contribution in [2.45, 2.75) is 13.5 Å². The van der Waals surface area contributed by atoms with Crippen LogP contribution in [0.25, 0.3) is 17.0 Å². The number of rotatable bonds is 9. The van der Waals surface area contributed by atoms with E-state index in [-0.39, 0.29) is 5.78 Å². The minimum atomic E-state index is -0.117. The molecule has 0 aliphatic heterocycles. The van der Waals surface area contributed by atoms with Crippen molar-refractivity contribution in [3.05, 3.63) is 53.2 Å². The van der Waals surface area contributed by atoms with Gasteiger partial charge >= 0.3 is 0 Å². The first-order chi connectivity index (χ1) is 15.0. The number of nitrogens with zero attached hydrogens (tertiary/aromatic N) is 1. The summed E-state index contributed by atoms with van der Waals surface area (Å²) in [5, 5.41) is 1.87. The van der Waals surface area contributed by atoms with Gasteiger partial charge < -0.3 is 23.5 Å². The number of carbonyl (C=O) groups is 1. The Balaban J connectivity index is 2.05. The van der Waals surface area contributed by atoms with Gasteiger partial charge in [0.15, 0.2) is 17.3 Å². The molecule has 0 radical (unpaired) electrons. The lowest BCUT2D eigenvalue weighted by molar-refractivity contribution is 0.103. The molecule has 0 aliphatic carbocycles. The summed E-state index contributed by atoms with van der Waals surface area (Å²) in [7, 11) is 6.24. The van der Waals surface area contributed by atoms with Crippen molar-refractivity contribution in [1.29, 1.82) is 0 Å². The van der Waals surface area contributed by atoms with Crippen LogP contribution in [0.1, 0.15) is 22.8 Å². The fourth-order valence-corrected chi connectivity index (χ4v) is 3.94. The molecule has 2 aromatic carbocycles. The van der Waals surface area contributed by atoms with Crippen LogP contribution >= 0.6 is 15.9 Å². The Morgan fingerprint density at radius 2 is 1.68 bits per heavy atom. The lowest BCUT2D eigenvalue weighted by Gasteiger charge is -2.13. The number of aryl methyl sites for hydroxylation is 1. The first-order valence-electron chi connectivity index (χ1n) is 9.73. The largest absolute Gasteiger partial charge is 0.497 e. The van der Waals surface area contributed by atoms with Gasteiger partial charge in [-0.1, -0.05) is 15.9 Å². The molecule has 0 aliphatic rings. The number of allylic oxidation sites excluding steroid dienone is 1. The molecule has 6 nitrogen and oxygen atoms in total. The lowest BCUT2D eigenvalue weighted by Crippen LogP contribution is -2.04. The van der Waals surface area contributed by atoms with Crippen LogP contribution < -0.4 is 18.9 Å². The van der Waals surface area contributed by atoms with Gasteiger partial charge in [-0.3, -0.25) is 4.79 Å². The third-order valence-corrected chi connectivity index (χ3v) is 5.46. The van der Waals surface area contributed by atoms with Gasteiger partial charge in [-0.05, 0) is 42.8 Å². The molecule has 3 aromatic rings. The predicted octanol–water partition coefficient (Wildman–Crippen LogP) is 5.36. The second-order valence-electron chi connectivity index (χ2n) is 6.92. The Morgan fingerprint density at radius 3 is 2.23 bits per heavy atom. The van der Waals surface area contributed by atoms with Crippen LogP contribution in [-0.2, 0) is 6.54 Å². The number of alkyl halides is 1. The molecule has 0 bridgehead atoms. The first-order valence-corrected chi connectivity index (χ1v) is 10.8. The van der Waals surface area contributed by atoms with Crippen molar-refractivity contribution in [2.24, 2.45) is 0 Å². The standard InChI is InChI=1S/C24H26BrNO5/c1-15(23(27)16-11-21(29-3)24(31-5)22(12-16)30-4)10-17-14-26(9-8-25)20-13-18(28-2)6-7-19(17)20/h6-7,10-14H,8-9H2,1-5H3/b15-10+. The summed E-state index contributed by atoms with van der Waals surface area (Å²) >= 11 is 3.50. The summed E-state index contributed by atoms with van der Waals surface area (Å²) in [5.41, 5.74) is 3.09. The Labute approximate surface area is 190 Å². The second-order valence-corrected chi connectivity index (χ2v) is 7.71. The Hall–Kier alpha value is -2.93. The van der Waals surface area contributed by atoms with Crippen LogP contribution in [0.2, 0.25) is 0 Å². The summed E-state index contributed by atoms with van der Waals surface area (Å²) < 4.78 is 23.6. The molecular formula is C24H26BrNO5. The average Bonchev–Trinajstić information content (AvgIpc) is 3.13. The number of fused-ring (bicyclic) bond motifs is 1. The highest BCUT2D eigenvalue weighted by Crippen LogP contribution is 2.39. The van der Waals surface area contributed by atoms with E-state index < -0.39 is 0 Å². The number of ketones is 1. The molecule has 0 amide bonds. The van der Waals surface area contributed by atoms with Gasteiger partial charge in [0, 0.05) is 40.7 Å². The number of Topliss-reactive ketones (excluding diaryl/α,β-unsaturated/α-hetero) is 1. The van der Waals surface area contributed by atoms with Gasteiger partial charge in [0.05, 0.1) is 34.0 Å². The van der Waals surface area contributed by atoms with Crippen molar-refractivity contribution in [1.82, 2.24) is 4.57 Å². The molecule has 1 aromatic heterocycles.